The largest absolute Gasteiger partial charge is 0.573 e. The molecule has 3 rings (SSSR count). The van der Waals surface area contributed by atoms with Gasteiger partial charge in [0.25, 0.3) is 0 Å². The molecular formula is C25H22Cl2F3NO5S. The highest BCUT2D eigenvalue weighted by atomic mass is 35.5. The monoisotopic (exact) mass is 575 g/mol. The molecule has 0 bridgehead atoms. The van der Waals surface area contributed by atoms with Crippen LogP contribution in [0, 0.1) is 0 Å². The predicted octanol–water partition coefficient (Wildman–Crippen LogP) is 6.72. The van der Waals surface area contributed by atoms with E-state index >= 15 is 0 Å². The van der Waals surface area contributed by atoms with E-state index in [-0.39, 0.29) is 44.1 Å². The number of carbonyl (C=O) groups excluding carboxylic acids is 1. The van der Waals surface area contributed by atoms with Crippen LogP contribution in [0.5, 0.6) is 5.75 Å². The Hall–Kier alpha value is -2.79. The number of sulfone groups is 1. The van der Waals surface area contributed by atoms with E-state index in [0.717, 1.165) is 6.07 Å². The summed E-state index contributed by atoms with van der Waals surface area (Å²) in [6.45, 7) is 1.53. The molecule has 6 nitrogen and oxygen atoms in total. The van der Waals surface area contributed by atoms with Crippen molar-refractivity contribution in [2.75, 3.05) is 24.8 Å². The zero-order valence-corrected chi connectivity index (χ0v) is 21.9. The molecule has 0 aliphatic carbocycles. The Balaban J connectivity index is 1.89. The van der Waals surface area contributed by atoms with E-state index in [1.165, 1.54) is 68.6 Å². The number of amides is 1. The maximum atomic E-state index is 13.1. The third kappa shape index (κ3) is 7.16. The smallest absolute Gasteiger partial charge is 0.405 e. The molecular weight excluding hydrogens is 554 g/mol. The number of anilines is 1. The molecule has 3 aromatic rings. The van der Waals surface area contributed by atoms with Crippen LogP contribution in [-0.2, 0) is 19.4 Å². The molecule has 0 saturated carbocycles. The number of halogens is 5. The van der Waals surface area contributed by atoms with Gasteiger partial charge in [-0.25, -0.2) is 8.42 Å². The third-order valence-corrected chi connectivity index (χ3v) is 7.71. The first-order valence-corrected chi connectivity index (χ1v) is 13.2. The Morgan fingerprint density at radius 1 is 1.03 bits per heavy atom. The van der Waals surface area contributed by atoms with Gasteiger partial charge >= 0.3 is 6.36 Å². The van der Waals surface area contributed by atoms with E-state index in [1.54, 1.807) is 0 Å². The summed E-state index contributed by atoms with van der Waals surface area (Å²) in [5.74, 6) is -1.84. The zero-order valence-electron chi connectivity index (χ0n) is 19.6. The lowest BCUT2D eigenvalue weighted by atomic mass is 9.98. The van der Waals surface area contributed by atoms with Crippen LogP contribution in [0.4, 0.5) is 18.9 Å². The number of carbonyl (C=O) groups is 1. The quantitative estimate of drug-likeness (QED) is 0.306. The number of ether oxygens (including phenoxy) is 2. The molecule has 3 aromatic carbocycles. The number of nitrogens with one attached hydrogen (secondary N) is 1. The van der Waals surface area contributed by atoms with Crippen molar-refractivity contribution in [2.24, 2.45) is 0 Å². The minimum Gasteiger partial charge on any atom is -0.405 e. The Morgan fingerprint density at radius 2 is 1.62 bits per heavy atom. The first-order chi connectivity index (χ1) is 17.4. The average Bonchev–Trinajstić information content (AvgIpc) is 2.82. The van der Waals surface area contributed by atoms with Gasteiger partial charge in [-0.2, -0.15) is 0 Å². The van der Waals surface area contributed by atoms with Gasteiger partial charge in [0.05, 0.1) is 33.2 Å². The van der Waals surface area contributed by atoms with Crippen LogP contribution >= 0.6 is 23.2 Å². The van der Waals surface area contributed by atoms with E-state index in [4.69, 9.17) is 27.9 Å². The molecule has 1 amide bonds. The van der Waals surface area contributed by atoms with E-state index in [1.807, 2.05) is 0 Å². The molecule has 0 spiro atoms. The van der Waals surface area contributed by atoms with Crippen molar-refractivity contribution in [2.45, 2.75) is 24.1 Å². The first kappa shape index (κ1) is 28.8. The highest BCUT2D eigenvalue weighted by Gasteiger charge is 2.32. The van der Waals surface area contributed by atoms with Gasteiger partial charge in [0.15, 0.2) is 9.84 Å². The standard InChI is InChI=1S/C25H22Cl2F3NO5S/c1-3-37(33,34)17-10-8-15(9-11-17)19(14-35-2)24(32)31-16-12-20(26)23(21(27)13-16)18-6-4-5-7-22(18)36-25(28,29)30/h4-13,19H,3,14H2,1-2H3,(H,31,32)/t19-/m0/s1. The molecule has 0 unspecified atom stereocenters. The minimum absolute atomic E-state index is 0.00654. The van der Waals surface area contributed by atoms with Gasteiger partial charge in [-0.15, -0.1) is 13.2 Å². The number of benzene rings is 3. The van der Waals surface area contributed by atoms with Crippen LogP contribution in [0.1, 0.15) is 18.4 Å². The summed E-state index contributed by atoms with van der Waals surface area (Å²) in [5, 5.41) is 2.65. The lowest BCUT2D eigenvalue weighted by Gasteiger charge is -2.19. The van der Waals surface area contributed by atoms with Gasteiger partial charge in [0.1, 0.15) is 5.75 Å². The van der Waals surface area contributed by atoms with Crippen molar-refractivity contribution in [1.82, 2.24) is 0 Å². The SMILES string of the molecule is CCS(=O)(=O)c1ccc([C@H](COC)C(=O)Nc2cc(Cl)c(-c3ccccc3OC(F)(F)F)c(Cl)c2)cc1. The fourth-order valence-corrected chi connectivity index (χ4v) is 5.16. The van der Waals surface area contributed by atoms with E-state index in [2.05, 4.69) is 10.1 Å². The van der Waals surface area contributed by atoms with Gasteiger partial charge in [0.2, 0.25) is 5.91 Å². The minimum atomic E-state index is -4.92. The molecule has 0 aliphatic heterocycles. The molecule has 0 saturated heterocycles. The number of hydrogen-bond acceptors (Lipinski definition) is 5. The fraction of sp³-hybridized carbons (Fsp3) is 0.240. The normalized spacial score (nSPS) is 12.7. The number of rotatable bonds is 9. The van der Waals surface area contributed by atoms with Gasteiger partial charge < -0.3 is 14.8 Å². The summed E-state index contributed by atoms with van der Waals surface area (Å²) in [7, 11) is -1.99. The molecule has 12 heteroatoms. The summed E-state index contributed by atoms with van der Waals surface area (Å²) in [4.78, 5) is 13.2. The molecule has 37 heavy (non-hydrogen) atoms. The lowest BCUT2D eigenvalue weighted by Crippen LogP contribution is -2.24. The highest BCUT2D eigenvalue weighted by molar-refractivity contribution is 7.91. The molecule has 0 radical (unpaired) electrons. The van der Waals surface area contributed by atoms with Gasteiger partial charge in [0, 0.05) is 23.9 Å². The Kier molecular flexibility index (Phi) is 9.12. The average molecular weight is 576 g/mol. The molecule has 198 valence electrons. The van der Waals surface area contributed by atoms with Crippen molar-refractivity contribution in [1.29, 1.82) is 0 Å². The van der Waals surface area contributed by atoms with Crippen LogP contribution in [0.25, 0.3) is 11.1 Å². The summed E-state index contributed by atoms with van der Waals surface area (Å²) in [5.41, 5.74) is 0.833. The molecule has 0 heterocycles. The first-order valence-electron chi connectivity index (χ1n) is 10.8. The third-order valence-electron chi connectivity index (χ3n) is 5.36. The van der Waals surface area contributed by atoms with Crippen LogP contribution in [0.15, 0.2) is 65.6 Å². The van der Waals surface area contributed by atoms with Crippen molar-refractivity contribution in [3.63, 3.8) is 0 Å². The lowest BCUT2D eigenvalue weighted by molar-refractivity contribution is -0.274. The van der Waals surface area contributed by atoms with Crippen molar-refractivity contribution in [3.8, 4) is 16.9 Å². The van der Waals surface area contributed by atoms with Crippen molar-refractivity contribution >= 4 is 44.6 Å². The van der Waals surface area contributed by atoms with Crippen LogP contribution in [0.3, 0.4) is 0 Å². The van der Waals surface area contributed by atoms with Crippen LogP contribution < -0.4 is 10.1 Å². The Bertz CT molecular complexity index is 1360. The maximum absolute atomic E-state index is 13.1. The van der Waals surface area contributed by atoms with Crippen molar-refractivity contribution < 1.29 is 35.9 Å². The molecule has 1 atom stereocenters. The summed E-state index contributed by atoms with van der Waals surface area (Å²) in [6, 6.07) is 14.0. The zero-order chi connectivity index (χ0) is 27.4. The van der Waals surface area contributed by atoms with Gasteiger partial charge in [-0.05, 0) is 35.9 Å². The number of hydrogen-bond donors (Lipinski definition) is 1. The van der Waals surface area contributed by atoms with Crippen molar-refractivity contribution in [3.05, 3.63) is 76.3 Å². The van der Waals surface area contributed by atoms with Gasteiger partial charge in [-0.1, -0.05) is 60.5 Å². The molecule has 0 aromatic heterocycles. The van der Waals surface area contributed by atoms with E-state index in [0.29, 0.717) is 5.56 Å². The molecule has 1 N–H and O–H groups in total. The summed E-state index contributed by atoms with van der Waals surface area (Å²) < 4.78 is 72.0. The summed E-state index contributed by atoms with van der Waals surface area (Å²) in [6.07, 6.45) is -4.92. The number of methoxy groups -OCH3 is 1. The number of para-hydroxylation sites is 1. The van der Waals surface area contributed by atoms with Crippen LogP contribution in [-0.4, -0.2) is 40.2 Å². The second-order valence-corrected chi connectivity index (χ2v) is 10.9. The number of alkyl halides is 3. The molecule has 0 fully saturated rings. The Labute approximate surface area is 222 Å². The predicted molar refractivity (Wildman–Crippen MR) is 136 cm³/mol. The highest BCUT2D eigenvalue weighted by Crippen LogP contribution is 2.42. The fourth-order valence-electron chi connectivity index (χ4n) is 3.58. The second kappa shape index (κ2) is 11.7. The second-order valence-electron chi connectivity index (χ2n) is 7.83. The van der Waals surface area contributed by atoms with E-state index < -0.39 is 33.8 Å². The summed E-state index contributed by atoms with van der Waals surface area (Å²) >= 11 is 12.7. The topological polar surface area (TPSA) is 81.7 Å². The van der Waals surface area contributed by atoms with Gasteiger partial charge in [-0.3, -0.25) is 4.79 Å². The van der Waals surface area contributed by atoms with E-state index in [9.17, 15) is 26.4 Å². The maximum Gasteiger partial charge on any atom is 0.573 e. The molecule has 0 aliphatic rings. The van der Waals surface area contributed by atoms with Crippen LogP contribution in [0.2, 0.25) is 10.0 Å². The Morgan fingerprint density at radius 3 is 2.16 bits per heavy atom.